The molecule has 0 amide bonds. The zero-order valence-corrected chi connectivity index (χ0v) is 8.61. The van der Waals surface area contributed by atoms with Gasteiger partial charge in [0.15, 0.2) is 4.77 Å². The van der Waals surface area contributed by atoms with Gasteiger partial charge in [-0.1, -0.05) is 11.3 Å². The fourth-order valence-corrected chi connectivity index (χ4v) is 1.82. The van der Waals surface area contributed by atoms with Crippen LogP contribution in [0.1, 0.15) is 5.69 Å². The zero-order valence-electron chi connectivity index (χ0n) is 6.98. The van der Waals surface area contributed by atoms with Crippen molar-refractivity contribution in [2.45, 2.75) is 6.54 Å². The lowest BCUT2D eigenvalue weighted by Gasteiger charge is -1.99. The van der Waals surface area contributed by atoms with Gasteiger partial charge in [0.05, 0.1) is 6.54 Å². The van der Waals surface area contributed by atoms with E-state index in [0.717, 1.165) is 17.0 Å². The summed E-state index contributed by atoms with van der Waals surface area (Å²) in [5.74, 6) is 0.307. The van der Waals surface area contributed by atoms with Gasteiger partial charge in [-0.05, 0) is 12.2 Å². The van der Waals surface area contributed by atoms with E-state index in [1.54, 1.807) is 9.95 Å². The van der Waals surface area contributed by atoms with Gasteiger partial charge < -0.3 is 10.7 Å². The lowest BCUT2D eigenvalue weighted by Crippen LogP contribution is -2.06. The zero-order chi connectivity index (χ0) is 10.1. The molecule has 0 unspecified atom stereocenters. The Labute approximate surface area is 87.4 Å². The molecule has 8 heteroatoms. The number of rotatable bonds is 2. The third kappa shape index (κ3) is 1.61. The van der Waals surface area contributed by atoms with E-state index in [4.69, 9.17) is 18.0 Å². The molecule has 2 rings (SSSR count). The first-order valence-electron chi connectivity index (χ1n) is 3.74. The second-order valence-corrected chi connectivity index (χ2v) is 3.88. The molecule has 0 atom stereocenters. The summed E-state index contributed by atoms with van der Waals surface area (Å²) in [5, 5.41) is 8.05. The highest BCUT2D eigenvalue weighted by atomic mass is 32.1. The number of H-pyrrole nitrogens is 2. The lowest BCUT2D eigenvalue weighted by molar-refractivity contribution is 0.773. The minimum atomic E-state index is -0.0893. The molecule has 0 saturated heterocycles. The van der Waals surface area contributed by atoms with Gasteiger partial charge in [-0.15, -0.1) is 5.10 Å². The molecule has 0 aliphatic heterocycles. The summed E-state index contributed by atoms with van der Waals surface area (Å²) in [6.45, 7) is 0.430. The number of anilines is 1. The third-order valence-electron chi connectivity index (χ3n) is 1.69. The first-order valence-corrected chi connectivity index (χ1v) is 5.03. The largest absolute Gasteiger partial charge is 0.368 e. The summed E-state index contributed by atoms with van der Waals surface area (Å²) in [7, 11) is 0. The summed E-state index contributed by atoms with van der Waals surface area (Å²) in [5.41, 5.74) is 6.33. The predicted octanol–water partition coefficient (Wildman–Crippen LogP) is 0.321. The maximum Gasteiger partial charge on any atom is 0.304 e. The smallest absolute Gasteiger partial charge is 0.304 e. The van der Waals surface area contributed by atoms with Crippen molar-refractivity contribution in [2.75, 3.05) is 5.73 Å². The molecule has 2 aromatic rings. The van der Waals surface area contributed by atoms with Crippen LogP contribution in [0.15, 0.2) is 10.2 Å². The maximum absolute atomic E-state index is 10.9. The quantitative estimate of drug-likeness (QED) is 0.647. The average molecular weight is 229 g/mol. The highest BCUT2D eigenvalue weighted by molar-refractivity contribution is 7.71. The van der Waals surface area contributed by atoms with Gasteiger partial charge in [-0.2, -0.15) is 0 Å². The molecule has 2 aromatic heterocycles. The van der Waals surface area contributed by atoms with Crippen LogP contribution < -0.4 is 10.6 Å². The van der Waals surface area contributed by atoms with E-state index in [0.29, 0.717) is 17.3 Å². The van der Waals surface area contributed by atoms with Gasteiger partial charge in [0, 0.05) is 11.1 Å². The molecule has 74 valence electrons. The Morgan fingerprint density at radius 2 is 2.50 bits per heavy atom. The van der Waals surface area contributed by atoms with Gasteiger partial charge in [0.1, 0.15) is 0 Å². The van der Waals surface area contributed by atoms with Gasteiger partial charge >= 0.3 is 4.87 Å². The molecule has 0 bridgehead atoms. The molecule has 0 spiro atoms. The standard InChI is InChI=1S/C6H7N5OS2/c7-4-9-10-5(13)11(4)1-3-2-14-6(12)8-3/h2H,1H2,(H2,7,9)(H,8,12)(H,10,13). The van der Waals surface area contributed by atoms with Crippen LogP contribution >= 0.6 is 23.6 Å². The van der Waals surface area contributed by atoms with Crippen molar-refractivity contribution >= 4 is 29.5 Å². The van der Waals surface area contributed by atoms with E-state index >= 15 is 0 Å². The van der Waals surface area contributed by atoms with Crippen LogP contribution in [0.5, 0.6) is 0 Å². The van der Waals surface area contributed by atoms with Crippen molar-refractivity contribution in [1.29, 1.82) is 0 Å². The summed E-state index contributed by atoms with van der Waals surface area (Å²) in [4.78, 5) is 13.4. The number of aromatic nitrogens is 4. The SMILES string of the molecule is Nc1n[nH]c(=S)n1Cc1csc(=O)[nH]1. The van der Waals surface area contributed by atoms with Crippen LogP contribution in [0.4, 0.5) is 5.95 Å². The monoisotopic (exact) mass is 229 g/mol. The number of aromatic amines is 2. The third-order valence-corrected chi connectivity index (χ3v) is 2.72. The van der Waals surface area contributed by atoms with Crippen LogP contribution in [0, 0.1) is 4.77 Å². The molecule has 14 heavy (non-hydrogen) atoms. The molecule has 2 heterocycles. The van der Waals surface area contributed by atoms with E-state index in [1.807, 2.05) is 0 Å². The van der Waals surface area contributed by atoms with Crippen molar-refractivity contribution in [1.82, 2.24) is 19.7 Å². The summed E-state index contributed by atoms with van der Waals surface area (Å²) in [6, 6.07) is 0. The molecule has 0 aromatic carbocycles. The molecule has 0 saturated carbocycles. The fraction of sp³-hybridized carbons (Fsp3) is 0.167. The number of hydrogen-bond donors (Lipinski definition) is 3. The number of nitrogen functional groups attached to an aromatic ring is 1. The number of nitrogens with one attached hydrogen (secondary N) is 2. The summed E-state index contributed by atoms with van der Waals surface area (Å²) in [6.07, 6.45) is 0. The minimum absolute atomic E-state index is 0.0893. The molecule has 0 radical (unpaired) electrons. The van der Waals surface area contributed by atoms with E-state index < -0.39 is 0 Å². The Morgan fingerprint density at radius 1 is 1.71 bits per heavy atom. The van der Waals surface area contributed by atoms with Crippen LogP contribution in [0.3, 0.4) is 0 Å². The van der Waals surface area contributed by atoms with Gasteiger partial charge in [-0.25, -0.2) is 5.10 Å². The maximum atomic E-state index is 10.9. The minimum Gasteiger partial charge on any atom is -0.368 e. The van der Waals surface area contributed by atoms with Gasteiger partial charge in [-0.3, -0.25) is 9.36 Å². The Morgan fingerprint density at radius 3 is 3.00 bits per heavy atom. The molecule has 6 nitrogen and oxygen atoms in total. The summed E-state index contributed by atoms with van der Waals surface area (Å²) >= 11 is 6.06. The van der Waals surface area contributed by atoms with E-state index in [9.17, 15) is 4.79 Å². The first kappa shape index (κ1) is 9.16. The number of nitrogens with zero attached hydrogens (tertiary/aromatic N) is 2. The molecular formula is C6H7N5OS2. The highest BCUT2D eigenvalue weighted by Gasteiger charge is 2.03. The molecule has 0 aliphatic carbocycles. The summed E-state index contributed by atoms with van der Waals surface area (Å²) < 4.78 is 2.04. The van der Waals surface area contributed by atoms with Gasteiger partial charge in [0.2, 0.25) is 5.95 Å². The van der Waals surface area contributed by atoms with E-state index in [1.165, 1.54) is 0 Å². The first-order chi connectivity index (χ1) is 6.66. The average Bonchev–Trinajstić information content (AvgIpc) is 2.67. The molecule has 0 fully saturated rings. The van der Waals surface area contributed by atoms with Crippen LogP contribution in [0.2, 0.25) is 0 Å². The van der Waals surface area contributed by atoms with Crippen LogP contribution in [-0.2, 0) is 6.54 Å². The van der Waals surface area contributed by atoms with Crippen molar-refractivity contribution in [3.8, 4) is 0 Å². The molecule has 4 N–H and O–H groups in total. The van der Waals surface area contributed by atoms with Crippen LogP contribution in [0.25, 0.3) is 0 Å². The molecule has 0 aliphatic rings. The normalized spacial score (nSPS) is 10.6. The van der Waals surface area contributed by atoms with Crippen LogP contribution in [-0.4, -0.2) is 19.7 Å². The Bertz CT molecular complexity index is 547. The Balaban J connectivity index is 2.35. The van der Waals surface area contributed by atoms with Crippen molar-refractivity contribution in [3.05, 3.63) is 25.5 Å². The van der Waals surface area contributed by atoms with Crippen molar-refractivity contribution in [2.24, 2.45) is 0 Å². The van der Waals surface area contributed by atoms with E-state index in [2.05, 4.69) is 15.2 Å². The number of thiazole rings is 1. The highest BCUT2D eigenvalue weighted by Crippen LogP contribution is 2.04. The Hall–Kier alpha value is -1.41. The predicted molar refractivity (Wildman–Crippen MR) is 55.9 cm³/mol. The number of hydrogen-bond acceptors (Lipinski definition) is 5. The lowest BCUT2D eigenvalue weighted by atomic mass is 10.5. The number of nitrogens with two attached hydrogens (primary N) is 1. The second-order valence-electron chi connectivity index (χ2n) is 2.65. The second kappa shape index (κ2) is 3.39. The van der Waals surface area contributed by atoms with Crippen molar-refractivity contribution < 1.29 is 0 Å². The fourth-order valence-electron chi connectivity index (χ4n) is 1.04. The topological polar surface area (TPSA) is 92.5 Å². The van der Waals surface area contributed by atoms with Crippen molar-refractivity contribution in [3.63, 3.8) is 0 Å². The van der Waals surface area contributed by atoms with Gasteiger partial charge in [0.25, 0.3) is 0 Å². The molecular weight excluding hydrogens is 222 g/mol. The Kier molecular flexibility index (Phi) is 2.22. The van der Waals surface area contributed by atoms with E-state index in [-0.39, 0.29) is 4.87 Å².